The lowest BCUT2D eigenvalue weighted by Crippen LogP contribution is -2.63. The molecule has 0 spiro atoms. The number of carbonyl (C=O) groups excluding carboxylic acids is 4. The van der Waals surface area contributed by atoms with E-state index >= 15 is 0 Å². The minimum atomic E-state index is -1.53. The normalized spacial score (nSPS) is 25.2. The molecule has 5 atom stereocenters. The Morgan fingerprint density at radius 3 is 2.13 bits per heavy atom. The Labute approximate surface area is 183 Å². The molecule has 1 aliphatic heterocycles. The predicted molar refractivity (Wildman–Crippen MR) is 104 cm³/mol. The van der Waals surface area contributed by atoms with Crippen LogP contribution in [0.15, 0.2) is 30.3 Å². The maximum atomic E-state index is 12.4. The first kappa shape index (κ1) is 24.6. The van der Waals surface area contributed by atoms with E-state index in [1.807, 2.05) is 6.07 Å². The molecule has 0 radical (unpaired) electrons. The van der Waals surface area contributed by atoms with Gasteiger partial charge in [0, 0.05) is 13.8 Å². The molecular weight excluding hydrogens is 436 g/mol. The van der Waals surface area contributed by atoms with Gasteiger partial charge in [0.1, 0.15) is 12.0 Å². The fourth-order valence-electron chi connectivity index (χ4n) is 2.96. The monoisotopic (exact) mass is 458 g/mol. The zero-order valence-corrected chi connectivity index (χ0v) is 17.9. The van der Waals surface area contributed by atoms with Crippen LogP contribution in [0.2, 0.25) is 0 Å². The summed E-state index contributed by atoms with van der Waals surface area (Å²) in [4.78, 5) is 47.6. The Bertz CT molecular complexity index is 783. The molecule has 170 valence electrons. The van der Waals surface area contributed by atoms with E-state index < -0.39 is 60.5 Å². The molecule has 0 bridgehead atoms. The summed E-state index contributed by atoms with van der Waals surface area (Å²) in [5.74, 6) is -3.80. The number of halogens is 1. The zero-order valence-electron chi connectivity index (χ0n) is 17.1. The third-order valence-corrected chi connectivity index (χ3v) is 4.39. The molecule has 0 N–H and O–H groups in total. The molecule has 0 amide bonds. The van der Waals surface area contributed by atoms with Crippen molar-refractivity contribution < 1.29 is 47.6 Å². The number of benzene rings is 1. The largest absolute Gasteiger partial charge is 0.467 e. The number of ether oxygens (including phenoxy) is 6. The molecule has 1 aliphatic rings. The lowest BCUT2D eigenvalue weighted by Gasteiger charge is -2.43. The fraction of sp³-hybridized carbons (Fsp3) is 0.500. The van der Waals surface area contributed by atoms with Gasteiger partial charge in [-0.25, -0.2) is 4.79 Å². The zero-order chi connectivity index (χ0) is 23.0. The number of hydrogen-bond acceptors (Lipinski definition) is 10. The summed E-state index contributed by atoms with van der Waals surface area (Å²) in [6, 6.07) is 8.95. The molecule has 1 saturated heterocycles. The summed E-state index contributed by atoms with van der Waals surface area (Å²) < 4.78 is 31.8. The molecule has 1 aromatic rings. The molecule has 31 heavy (non-hydrogen) atoms. The SMILES string of the molecule is COC(=O)C1O[C@@H](OC(C)=O)C(OC(C)=O)[C@@H](OCc2ccccc2)[C@H]1OC(=O)CCl. The third-order valence-electron chi connectivity index (χ3n) is 4.17. The van der Waals surface area contributed by atoms with E-state index in [1.54, 1.807) is 24.3 Å². The maximum Gasteiger partial charge on any atom is 0.339 e. The van der Waals surface area contributed by atoms with Gasteiger partial charge < -0.3 is 28.4 Å². The van der Waals surface area contributed by atoms with Gasteiger partial charge in [0.15, 0.2) is 18.3 Å². The van der Waals surface area contributed by atoms with E-state index in [4.69, 9.17) is 40.0 Å². The van der Waals surface area contributed by atoms with Crippen LogP contribution < -0.4 is 0 Å². The molecule has 0 aliphatic carbocycles. The summed E-state index contributed by atoms with van der Waals surface area (Å²) in [6.07, 6.45) is -7.05. The first-order valence-corrected chi connectivity index (χ1v) is 9.79. The van der Waals surface area contributed by atoms with Gasteiger partial charge in [0.05, 0.1) is 13.7 Å². The summed E-state index contributed by atoms with van der Waals surface area (Å²) in [5.41, 5.74) is 0.747. The number of hydrogen-bond donors (Lipinski definition) is 0. The molecule has 1 fully saturated rings. The van der Waals surface area contributed by atoms with E-state index in [2.05, 4.69) is 0 Å². The van der Waals surface area contributed by atoms with E-state index in [-0.39, 0.29) is 6.61 Å². The molecule has 2 unspecified atom stereocenters. The summed E-state index contributed by atoms with van der Waals surface area (Å²) in [7, 11) is 1.10. The van der Waals surface area contributed by atoms with Crippen molar-refractivity contribution in [3.63, 3.8) is 0 Å². The van der Waals surface area contributed by atoms with Crippen LogP contribution in [0.5, 0.6) is 0 Å². The lowest BCUT2D eigenvalue weighted by atomic mass is 9.97. The number of methoxy groups -OCH3 is 1. The highest BCUT2D eigenvalue weighted by Gasteiger charge is 2.55. The van der Waals surface area contributed by atoms with Crippen LogP contribution in [-0.4, -0.2) is 67.6 Å². The van der Waals surface area contributed by atoms with Gasteiger partial charge >= 0.3 is 23.9 Å². The number of carbonyl (C=O) groups is 4. The smallest absolute Gasteiger partial charge is 0.339 e. The van der Waals surface area contributed by atoms with Crippen molar-refractivity contribution in [3.05, 3.63) is 35.9 Å². The Balaban J connectivity index is 2.44. The van der Waals surface area contributed by atoms with Crippen LogP contribution in [0, 0.1) is 0 Å². The van der Waals surface area contributed by atoms with Crippen LogP contribution in [-0.2, 0) is 54.2 Å². The van der Waals surface area contributed by atoms with Crippen molar-refractivity contribution in [3.8, 4) is 0 Å². The molecule has 2 rings (SSSR count). The second kappa shape index (κ2) is 11.6. The predicted octanol–water partition coefficient (Wildman–Crippen LogP) is 1.12. The number of rotatable bonds is 8. The van der Waals surface area contributed by atoms with E-state index in [0.29, 0.717) is 0 Å². The fourth-order valence-corrected chi connectivity index (χ4v) is 3.02. The summed E-state index contributed by atoms with van der Waals surface area (Å²) >= 11 is 5.54. The van der Waals surface area contributed by atoms with Gasteiger partial charge in [-0.2, -0.15) is 0 Å². The van der Waals surface area contributed by atoms with Crippen molar-refractivity contribution >= 4 is 35.5 Å². The number of esters is 4. The van der Waals surface area contributed by atoms with Crippen LogP contribution in [0.3, 0.4) is 0 Å². The van der Waals surface area contributed by atoms with Gasteiger partial charge in [0.25, 0.3) is 0 Å². The van der Waals surface area contributed by atoms with Gasteiger partial charge in [-0.3, -0.25) is 14.4 Å². The Morgan fingerprint density at radius 1 is 0.935 bits per heavy atom. The van der Waals surface area contributed by atoms with Gasteiger partial charge in [-0.05, 0) is 5.56 Å². The van der Waals surface area contributed by atoms with Crippen LogP contribution in [0.25, 0.3) is 0 Å². The topological polar surface area (TPSA) is 124 Å². The standard InChI is InChI=1S/C20H23ClO10/c1-11(22)28-18-15(27-10-13-7-5-4-6-8-13)16(30-14(24)9-21)17(19(25)26-3)31-20(18)29-12(2)23/h4-8,15-18,20H,9-10H2,1-3H3/t15-,16+,17?,18?,20+/m0/s1. The molecule has 0 aromatic heterocycles. The van der Waals surface area contributed by atoms with Crippen molar-refractivity contribution in [2.24, 2.45) is 0 Å². The van der Waals surface area contributed by atoms with Crippen LogP contribution in [0.1, 0.15) is 19.4 Å². The van der Waals surface area contributed by atoms with E-state index in [1.165, 1.54) is 0 Å². The first-order chi connectivity index (χ1) is 14.8. The second-order valence-electron chi connectivity index (χ2n) is 6.48. The van der Waals surface area contributed by atoms with E-state index in [9.17, 15) is 19.2 Å². The van der Waals surface area contributed by atoms with Crippen LogP contribution >= 0.6 is 11.6 Å². The minimum Gasteiger partial charge on any atom is -0.467 e. The molecule has 0 saturated carbocycles. The Hall–Kier alpha value is -2.69. The quantitative estimate of drug-likeness (QED) is 0.318. The van der Waals surface area contributed by atoms with Crippen molar-refractivity contribution in [2.75, 3.05) is 13.0 Å². The van der Waals surface area contributed by atoms with Crippen LogP contribution in [0.4, 0.5) is 0 Å². The third kappa shape index (κ3) is 6.91. The second-order valence-corrected chi connectivity index (χ2v) is 6.75. The lowest BCUT2D eigenvalue weighted by molar-refractivity contribution is -0.299. The molecule has 11 heteroatoms. The molecular formula is C20H23ClO10. The van der Waals surface area contributed by atoms with Gasteiger partial charge in [-0.15, -0.1) is 11.6 Å². The highest BCUT2D eigenvalue weighted by Crippen LogP contribution is 2.31. The summed E-state index contributed by atoms with van der Waals surface area (Å²) in [5, 5.41) is 0. The van der Waals surface area contributed by atoms with E-state index in [0.717, 1.165) is 26.5 Å². The van der Waals surface area contributed by atoms with Gasteiger partial charge in [-0.1, -0.05) is 30.3 Å². The highest BCUT2D eigenvalue weighted by atomic mass is 35.5. The van der Waals surface area contributed by atoms with Crippen molar-refractivity contribution in [1.29, 1.82) is 0 Å². The Kier molecular flexibility index (Phi) is 9.22. The van der Waals surface area contributed by atoms with Crippen molar-refractivity contribution in [1.82, 2.24) is 0 Å². The minimum absolute atomic E-state index is 0.00111. The van der Waals surface area contributed by atoms with Gasteiger partial charge in [0.2, 0.25) is 6.29 Å². The number of alkyl halides is 1. The summed E-state index contributed by atoms with van der Waals surface area (Å²) in [6.45, 7) is 2.24. The average Bonchev–Trinajstić information content (AvgIpc) is 2.74. The highest BCUT2D eigenvalue weighted by molar-refractivity contribution is 6.26. The Morgan fingerprint density at radius 2 is 1.58 bits per heavy atom. The molecule has 10 nitrogen and oxygen atoms in total. The van der Waals surface area contributed by atoms with Crippen molar-refractivity contribution in [2.45, 2.75) is 51.2 Å². The first-order valence-electron chi connectivity index (χ1n) is 9.25. The molecule has 1 heterocycles. The molecule has 1 aromatic carbocycles. The maximum absolute atomic E-state index is 12.4. The average molecular weight is 459 g/mol.